The summed E-state index contributed by atoms with van der Waals surface area (Å²) in [6, 6.07) is 6.01. The van der Waals surface area contributed by atoms with Crippen molar-refractivity contribution in [3.05, 3.63) is 40.3 Å². The summed E-state index contributed by atoms with van der Waals surface area (Å²) in [4.78, 5) is 4.19. The summed E-state index contributed by atoms with van der Waals surface area (Å²) in [7, 11) is 0. The average molecular weight is 301 g/mol. The third-order valence-corrected chi connectivity index (χ3v) is 3.44. The van der Waals surface area contributed by atoms with Crippen molar-refractivity contribution >= 4 is 27.5 Å². The van der Waals surface area contributed by atoms with Crippen molar-refractivity contribution in [2.75, 3.05) is 5.88 Å². The Balaban J connectivity index is 2.39. The molecule has 84 valence electrons. The van der Waals surface area contributed by atoms with Crippen molar-refractivity contribution in [2.45, 2.75) is 13.3 Å². The van der Waals surface area contributed by atoms with Crippen molar-refractivity contribution in [2.24, 2.45) is 0 Å². The summed E-state index contributed by atoms with van der Waals surface area (Å²) in [6.45, 7) is 2.04. The van der Waals surface area contributed by atoms with Gasteiger partial charge < -0.3 is 4.42 Å². The molecule has 0 N–H and O–H groups in total. The Kier molecular flexibility index (Phi) is 3.66. The number of hydrogen-bond acceptors (Lipinski definition) is 2. The number of aryl methyl sites for hydroxylation is 1. The van der Waals surface area contributed by atoms with E-state index < -0.39 is 0 Å². The maximum absolute atomic E-state index is 5.64. The lowest BCUT2D eigenvalue weighted by molar-refractivity contribution is 0.514. The van der Waals surface area contributed by atoms with Gasteiger partial charge in [0.2, 0.25) is 0 Å². The van der Waals surface area contributed by atoms with E-state index in [9.17, 15) is 0 Å². The molecule has 2 rings (SSSR count). The zero-order chi connectivity index (χ0) is 11.5. The van der Waals surface area contributed by atoms with Gasteiger partial charge >= 0.3 is 0 Å². The molecular weight excluding hydrogens is 289 g/mol. The van der Waals surface area contributed by atoms with Crippen molar-refractivity contribution < 1.29 is 4.42 Å². The van der Waals surface area contributed by atoms with E-state index in [1.807, 2.05) is 25.1 Å². The standard InChI is InChI=1S/C12H11BrClNO/c1-8-9(3-2-4-10(8)13)11-7-15-12(16-11)5-6-14/h2-4,7H,5-6H2,1H3. The van der Waals surface area contributed by atoms with Gasteiger partial charge in [-0.25, -0.2) is 4.98 Å². The predicted octanol–water partition coefficient (Wildman–Crippen LogP) is 4.19. The first kappa shape index (κ1) is 11.7. The summed E-state index contributed by atoms with van der Waals surface area (Å²) >= 11 is 9.14. The van der Waals surface area contributed by atoms with Crippen LogP contribution in [0, 0.1) is 6.92 Å². The molecule has 2 nitrogen and oxygen atoms in total. The van der Waals surface area contributed by atoms with Gasteiger partial charge in [0.25, 0.3) is 0 Å². The Morgan fingerprint density at radius 2 is 2.25 bits per heavy atom. The van der Waals surface area contributed by atoms with Crippen LogP contribution >= 0.6 is 27.5 Å². The maximum Gasteiger partial charge on any atom is 0.196 e. The van der Waals surface area contributed by atoms with Crippen LogP contribution in [-0.4, -0.2) is 10.9 Å². The largest absolute Gasteiger partial charge is 0.441 e. The van der Waals surface area contributed by atoms with Crippen LogP contribution in [0.5, 0.6) is 0 Å². The highest BCUT2D eigenvalue weighted by molar-refractivity contribution is 9.10. The van der Waals surface area contributed by atoms with Gasteiger partial charge in [0.15, 0.2) is 11.7 Å². The molecule has 0 radical (unpaired) electrons. The molecule has 0 unspecified atom stereocenters. The number of alkyl halides is 1. The van der Waals surface area contributed by atoms with Crippen molar-refractivity contribution in [3.8, 4) is 11.3 Å². The molecule has 1 aromatic heterocycles. The van der Waals surface area contributed by atoms with Gasteiger partial charge in [-0.3, -0.25) is 0 Å². The van der Waals surface area contributed by atoms with Crippen LogP contribution in [0.2, 0.25) is 0 Å². The van der Waals surface area contributed by atoms with E-state index in [-0.39, 0.29) is 0 Å². The van der Waals surface area contributed by atoms with Crippen LogP contribution in [0.4, 0.5) is 0 Å². The third-order valence-electron chi connectivity index (χ3n) is 2.40. The van der Waals surface area contributed by atoms with Crippen LogP contribution in [0.15, 0.2) is 33.3 Å². The van der Waals surface area contributed by atoms with Crippen molar-refractivity contribution in [1.82, 2.24) is 4.98 Å². The molecule has 0 fully saturated rings. The smallest absolute Gasteiger partial charge is 0.196 e. The first-order valence-electron chi connectivity index (χ1n) is 4.98. The van der Waals surface area contributed by atoms with E-state index in [2.05, 4.69) is 20.9 Å². The third kappa shape index (κ3) is 2.30. The lowest BCUT2D eigenvalue weighted by Gasteiger charge is -2.03. The second-order valence-electron chi connectivity index (χ2n) is 3.47. The van der Waals surface area contributed by atoms with E-state index in [0.717, 1.165) is 21.4 Å². The number of aromatic nitrogens is 1. The van der Waals surface area contributed by atoms with Gasteiger partial charge in [-0.1, -0.05) is 28.1 Å². The number of nitrogens with zero attached hydrogens (tertiary/aromatic N) is 1. The van der Waals surface area contributed by atoms with E-state index in [0.29, 0.717) is 18.2 Å². The second kappa shape index (κ2) is 5.02. The van der Waals surface area contributed by atoms with Crippen LogP contribution < -0.4 is 0 Å². The predicted molar refractivity (Wildman–Crippen MR) is 68.8 cm³/mol. The van der Waals surface area contributed by atoms with E-state index in [1.165, 1.54) is 0 Å². The molecule has 0 atom stereocenters. The zero-order valence-corrected chi connectivity index (χ0v) is 11.2. The molecule has 0 aliphatic carbocycles. The first-order chi connectivity index (χ1) is 7.72. The van der Waals surface area contributed by atoms with Crippen molar-refractivity contribution in [1.29, 1.82) is 0 Å². The normalized spacial score (nSPS) is 10.7. The van der Waals surface area contributed by atoms with E-state index >= 15 is 0 Å². The Morgan fingerprint density at radius 3 is 3.00 bits per heavy atom. The molecule has 0 bridgehead atoms. The SMILES string of the molecule is Cc1c(Br)cccc1-c1cnc(CCCl)o1. The molecule has 2 aromatic rings. The molecule has 0 saturated carbocycles. The van der Waals surface area contributed by atoms with Gasteiger partial charge in [-0.2, -0.15) is 0 Å². The molecule has 0 amide bonds. The average Bonchev–Trinajstić information content (AvgIpc) is 2.71. The first-order valence-corrected chi connectivity index (χ1v) is 6.31. The molecule has 16 heavy (non-hydrogen) atoms. The number of halogens is 2. The quantitative estimate of drug-likeness (QED) is 0.794. The van der Waals surface area contributed by atoms with Crippen molar-refractivity contribution in [3.63, 3.8) is 0 Å². The number of rotatable bonds is 3. The molecule has 4 heteroatoms. The van der Waals surface area contributed by atoms with E-state index in [4.69, 9.17) is 16.0 Å². The van der Waals surface area contributed by atoms with Gasteiger partial charge in [0.05, 0.1) is 6.20 Å². The molecule has 1 heterocycles. The van der Waals surface area contributed by atoms with Crippen LogP contribution in [-0.2, 0) is 6.42 Å². The fourth-order valence-electron chi connectivity index (χ4n) is 1.51. The minimum absolute atomic E-state index is 0.525. The van der Waals surface area contributed by atoms with Crippen LogP contribution in [0.1, 0.15) is 11.5 Å². The monoisotopic (exact) mass is 299 g/mol. The van der Waals surface area contributed by atoms with Crippen LogP contribution in [0.25, 0.3) is 11.3 Å². The summed E-state index contributed by atoms with van der Waals surface area (Å²) in [5.41, 5.74) is 2.21. The fourth-order valence-corrected chi connectivity index (χ4v) is 2.03. The van der Waals surface area contributed by atoms with Gasteiger partial charge in [0, 0.05) is 22.3 Å². The van der Waals surface area contributed by atoms with E-state index in [1.54, 1.807) is 6.20 Å². The zero-order valence-electron chi connectivity index (χ0n) is 8.84. The Bertz CT molecular complexity index is 496. The Labute approximate surface area is 108 Å². The second-order valence-corrected chi connectivity index (χ2v) is 4.70. The number of oxazole rings is 1. The van der Waals surface area contributed by atoms with Crippen LogP contribution in [0.3, 0.4) is 0 Å². The highest BCUT2D eigenvalue weighted by atomic mass is 79.9. The lowest BCUT2D eigenvalue weighted by atomic mass is 10.1. The molecular formula is C12H11BrClNO. The maximum atomic E-state index is 5.64. The molecule has 0 saturated heterocycles. The molecule has 1 aromatic carbocycles. The fraction of sp³-hybridized carbons (Fsp3) is 0.250. The molecule has 0 aliphatic rings. The molecule has 0 spiro atoms. The molecule has 0 aliphatic heterocycles. The summed E-state index contributed by atoms with van der Waals surface area (Å²) in [5, 5.41) is 0. The van der Waals surface area contributed by atoms with Gasteiger partial charge in [-0.15, -0.1) is 11.6 Å². The number of hydrogen-bond donors (Lipinski definition) is 0. The summed E-state index contributed by atoms with van der Waals surface area (Å²) < 4.78 is 6.70. The Hall–Kier alpha value is -0.800. The lowest BCUT2D eigenvalue weighted by Crippen LogP contribution is -1.84. The van der Waals surface area contributed by atoms with Gasteiger partial charge in [0.1, 0.15) is 0 Å². The summed E-state index contributed by atoms with van der Waals surface area (Å²) in [5.74, 6) is 2.00. The minimum Gasteiger partial charge on any atom is -0.441 e. The highest BCUT2D eigenvalue weighted by Gasteiger charge is 2.09. The summed E-state index contributed by atoms with van der Waals surface area (Å²) in [6.07, 6.45) is 2.41. The minimum atomic E-state index is 0.525. The van der Waals surface area contributed by atoms with Gasteiger partial charge in [-0.05, 0) is 18.6 Å². The number of benzene rings is 1. The highest BCUT2D eigenvalue weighted by Crippen LogP contribution is 2.29. The topological polar surface area (TPSA) is 26.0 Å². The Morgan fingerprint density at radius 1 is 1.44 bits per heavy atom.